The van der Waals surface area contributed by atoms with E-state index in [-0.39, 0.29) is 60.5 Å². The molecule has 1 aliphatic rings. The molecular formula is C10H17Cl3PZr. The van der Waals surface area contributed by atoms with Crippen molar-refractivity contribution in [2.45, 2.75) is 17.0 Å². The number of allylic oxidation sites excluding steroid dienone is 4. The summed E-state index contributed by atoms with van der Waals surface area (Å²) in [5, 5.41) is 0. The van der Waals surface area contributed by atoms with Crippen molar-refractivity contribution in [3.63, 3.8) is 0 Å². The number of rotatable bonds is 4. The third kappa shape index (κ3) is 10.5. The van der Waals surface area contributed by atoms with Crippen LogP contribution in [0.4, 0.5) is 0 Å². The Morgan fingerprint density at radius 3 is 2.33 bits per heavy atom. The summed E-state index contributed by atoms with van der Waals surface area (Å²) in [4.78, 5) is 0. The average molecular weight is 366 g/mol. The molecule has 0 heterocycles. The molecule has 0 N–H and O–H groups in total. The van der Waals surface area contributed by atoms with E-state index in [1.165, 1.54) is 12.6 Å². The normalized spacial score (nSPS) is 14.3. The molecule has 0 bridgehead atoms. The summed E-state index contributed by atoms with van der Waals surface area (Å²) >= 11 is -0.191. The first kappa shape index (κ1) is 21.9. The number of halogens is 3. The van der Waals surface area contributed by atoms with Crippen LogP contribution in [0, 0.1) is 0 Å². The van der Waals surface area contributed by atoms with E-state index < -0.39 is 0 Å². The summed E-state index contributed by atoms with van der Waals surface area (Å²) in [6.07, 6.45) is 9.66. The van der Waals surface area contributed by atoms with Gasteiger partial charge in [-0.25, -0.2) is 0 Å². The van der Waals surface area contributed by atoms with Gasteiger partial charge in [0, 0.05) is 0 Å². The molecule has 0 saturated carbocycles. The van der Waals surface area contributed by atoms with Crippen LogP contribution >= 0.6 is 7.92 Å². The fraction of sp³-hybridized carbons (Fsp3) is 0.600. The molecule has 0 aliphatic heterocycles. The standard InChI is InChI=1S/C5H12P.C5H5.3ClH.Zr/c1-4-5-6(2)3;1-2-4-5-3-1;;;;/h4H,5H2,1-3H3;1-3H,4H2;3*1H;/q;;;;;+3/p-3. The molecule has 0 fully saturated rings. The van der Waals surface area contributed by atoms with E-state index >= 15 is 0 Å². The predicted octanol–water partition coefficient (Wildman–Crippen LogP) is -5.53. The first-order chi connectivity index (χ1) is 5.68. The van der Waals surface area contributed by atoms with E-state index in [1.54, 1.807) is 3.28 Å². The molecule has 15 heavy (non-hydrogen) atoms. The van der Waals surface area contributed by atoms with Crippen LogP contribution in [0.25, 0.3) is 0 Å². The minimum absolute atomic E-state index is 0. The van der Waals surface area contributed by atoms with E-state index in [2.05, 4.69) is 38.5 Å². The minimum Gasteiger partial charge on any atom is -1.00 e. The van der Waals surface area contributed by atoms with Gasteiger partial charge in [0.25, 0.3) is 0 Å². The maximum atomic E-state index is 2.45. The Labute approximate surface area is 125 Å². The van der Waals surface area contributed by atoms with Crippen molar-refractivity contribution in [1.82, 2.24) is 0 Å². The molecule has 1 rings (SSSR count). The zero-order valence-corrected chi connectivity index (χ0v) is 14.9. The quantitative estimate of drug-likeness (QED) is 0.436. The van der Waals surface area contributed by atoms with Gasteiger partial charge in [-0.05, 0) is 0 Å². The van der Waals surface area contributed by atoms with Crippen LogP contribution in [0.3, 0.4) is 0 Å². The summed E-state index contributed by atoms with van der Waals surface area (Å²) in [7, 11) is 0.335. The monoisotopic (exact) mass is 363 g/mol. The molecule has 0 aromatic carbocycles. The molecule has 0 nitrogen and oxygen atoms in total. The molecule has 1 atom stereocenters. The Bertz CT molecular complexity index is 205. The maximum absolute atomic E-state index is 2.45. The molecule has 0 aromatic heterocycles. The molecular weight excluding hydrogens is 349 g/mol. The van der Waals surface area contributed by atoms with Crippen LogP contribution in [0.15, 0.2) is 21.5 Å². The smallest absolute Gasteiger partial charge is 1.00 e. The van der Waals surface area contributed by atoms with E-state index in [1.807, 2.05) is 0 Å². The van der Waals surface area contributed by atoms with Gasteiger partial charge in [-0.3, -0.25) is 0 Å². The summed E-state index contributed by atoms with van der Waals surface area (Å²) in [5.74, 6) is 0. The molecule has 0 aromatic rings. The second kappa shape index (κ2) is 12.1. The first-order valence-corrected chi connectivity index (χ1v) is 9.52. The van der Waals surface area contributed by atoms with Crippen LogP contribution in [0.2, 0.25) is 3.63 Å². The SMILES string of the molecule is C[CH](CP(C)C)[Zr+3][C]1=CC=CC1.[Cl-].[Cl-].[Cl-]. The second-order valence-corrected chi connectivity index (χ2v) is 10.9. The van der Waals surface area contributed by atoms with Gasteiger partial charge in [0.05, 0.1) is 0 Å². The van der Waals surface area contributed by atoms with Crippen LogP contribution in [-0.4, -0.2) is 19.5 Å². The van der Waals surface area contributed by atoms with E-state index in [9.17, 15) is 0 Å². The van der Waals surface area contributed by atoms with Crippen LogP contribution in [0.5, 0.6) is 0 Å². The van der Waals surface area contributed by atoms with E-state index in [0.29, 0.717) is 7.92 Å². The van der Waals surface area contributed by atoms with Crippen molar-refractivity contribution in [3.8, 4) is 0 Å². The summed E-state index contributed by atoms with van der Waals surface area (Å²) in [5.41, 5.74) is 0. The molecule has 1 aliphatic carbocycles. The second-order valence-electron chi connectivity index (χ2n) is 3.63. The van der Waals surface area contributed by atoms with Crippen molar-refractivity contribution in [2.24, 2.45) is 0 Å². The molecule has 1 unspecified atom stereocenters. The molecule has 0 spiro atoms. The number of hydrogen-bond donors (Lipinski definition) is 0. The molecule has 87 valence electrons. The third-order valence-corrected chi connectivity index (χ3v) is 7.50. The van der Waals surface area contributed by atoms with Gasteiger partial charge in [0.2, 0.25) is 0 Å². The molecule has 0 saturated heterocycles. The zero-order chi connectivity index (χ0) is 8.97. The third-order valence-electron chi connectivity index (χ3n) is 1.84. The first-order valence-electron chi connectivity index (χ1n) is 4.45. The summed E-state index contributed by atoms with van der Waals surface area (Å²) < 4.78 is 2.85. The molecule has 0 amide bonds. The Balaban J connectivity index is -0.000000480. The summed E-state index contributed by atoms with van der Waals surface area (Å²) in [6, 6.07) is 0. The van der Waals surface area contributed by atoms with Gasteiger partial charge < -0.3 is 37.2 Å². The Morgan fingerprint density at radius 1 is 1.33 bits per heavy atom. The largest absolute Gasteiger partial charge is 1.00 e. The summed E-state index contributed by atoms with van der Waals surface area (Å²) in [6.45, 7) is 7.24. The predicted molar refractivity (Wildman–Crippen MR) is 54.9 cm³/mol. The van der Waals surface area contributed by atoms with Crippen molar-refractivity contribution < 1.29 is 60.5 Å². The van der Waals surface area contributed by atoms with E-state index in [4.69, 9.17) is 0 Å². The fourth-order valence-corrected chi connectivity index (χ4v) is 8.62. The zero-order valence-electron chi connectivity index (χ0n) is 9.30. The average Bonchev–Trinajstić information content (AvgIpc) is 2.37. The van der Waals surface area contributed by atoms with Crippen molar-refractivity contribution >= 4 is 7.92 Å². The minimum atomic E-state index is -0.191. The van der Waals surface area contributed by atoms with Crippen molar-refractivity contribution in [3.05, 3.63) is 21.5 Å². The molecule has 0 radical (unpaired) electrons. The Hall–Kier alpha value is 1.66. The Kier molecular flexibility index (Phi) is 17.7. The van der Waals surface area contributed by atoms with Gasteiger partial charge in [-0.2, -0.15) is 0 Å². The fourth-order valence-electron chi connectivity index (χ4n) is 1.46. The van der Waals surface area contributed by atoms with Crippen LogP contribution in [-0.2, 0) is 23.2 Å². The molecule has 5 heteroatoms. The van der Waals surface area contributed by atoms with Gasteiger partial charge in [0.15, 0.2) is 0 Å². The van der Waals surface area contributed by atoms with Crippen LogP contribution in [0.1, 0.15) is 13.3 Å². The van der Waals surface area contributed by atoms with Gasteiger partial charge in [-0.15, -0.1) is 0 Å². The topological polar surface area (TPSA) is 0 Å². The Morgan fingerprint density at radius 2 is 1.93 bits per heavy atom. The van der Waals surface area contributed by atoms with E-state index in [0.717, 1.165) is 3.63 Å². The van der Waals surface area contributed by atoms with Gasteiger partial charge >= 0.3 is 89.1 Å². The van der Waals surface area contributed by atoms with Crippen LogP contribution < -0.4 is 37.2 Å². The van der Waals surface area contributed by atoms with Gasteiger partial charge in [-0.1, -0.05) is 0 Å². The van der Waals surface area contributed by atoms with Gasteiger partial charge in [0.1, 0.15) is 0 Å². The maximum Gasteiger partial charge on any atom is -1.00 e. The van der Waals surface area contributed by atoms with Crippen molar-refractivity contribution in [2.75, 3.05) is 19.5 Å². The number of hydrogen-bond acceptors (Lipinski definition) is 0. The van der Waals surface area contributed by atoms with Crippen molar-refractivity contribution in [1.29, 1.82) is 0 Å².